The molecule has 0 radical (unpaired) electrons. The Morgan fingerprint density at radius 1 is 1.00 bits per heavy atom. The number of hydrogen-bond donors (Lipinski definition) is 2. The summed E-state index contributed by atoms with van der Waals surface area (Å²) in [5.41, 5.74) is 9.68. The highest BCUT2D eigenvalue weighted by Gasteiger charge is 2.45. The molecule has 244 valence electrons. The summed E-state index contributed by atoms with van der Waals surface area (Å²) in [5.74, 6) is 1.95. The van der Waals surface area contributed by atoms with Crippen molar-refractivity contribution in [2.24, 2.45) is 0 Å². The number of halogens is 2. The van der Waals surface area contributed by atoms with Gasteiger partial charge in [-0.1, -0.05) is 66.6 Å². The van der Waals surface area contributed by atoms with Crippen molar-refractivity contribution in [3.63, 3.8) is 0 Å². The lowest BCUT2D eigenvalue weighted by Gasteiger charge is -2.34. The molecule has 5 aromatic rings. The summed E-state index contributed by atoms with van der Waals surface area (Å²) in [6.07, 6.45) is 14.5. The van der Waals surface area contributed by atoms with Crippen LogP contribution in [-0.4, -0.2) is 65.3 Å². The highest BCUT2D eigenvalue weighted by Crippen LogP contribution is 2.42. The molecule has 0 amide bonds. The van der Waals surface area contributed by atoms with Gasteiger partial charge in [-0.2, -0.15) is 9.97 Å². The first kappa shape index (κ1) is 29.8. The van der Waals surface area contributed by atoms with E-state index in [-0.39, 0.29) is 40.3 Å². The van der Waals surface area contributed by atoms with Gasteiger partial charge in [0.25, 0.3) is 0 Å². The molecule has 4 aliphatic heterocycles. The Bertz CT molecular complexity index is 2250. The zero-order valence-corrected chi connectivity index (χ0v) is 26.8. The maximum atomic E-state index is 17.0. The number of nitrogen functional groups attached to an aromatic ring is 1. The van der Waals surface area contributed by atoms with Gasteiger partial charge >= 0.3 is 6.01 Å². The quantitative estimate of drug-likeness (QED) is 0.126. The second-order valence-electron chi connectivity index (χ2n) is 13.5. The maximum Gasteiger partial charge on any atom is 0.319 e. The third kappa shape index (κ3) is 4.94. The second-order valence-corrected chi connectivity index (χ2v) is 13.5. The number of aromatic nitrogens is 2. The van der Waals surface area contributed by atoms with E-state index in [9.17, 15) is 4.39 Å². The number of nitrogens with one attached hydrogen (secondary N) is 1. The van der Waals surface area contributed by atoms with Crippen molar-refractivity contribution in [2.75, 3.05) is 43.4 Å². The van der Waals surface area contributed by atoms with E-state index in [0.717, 1.165) is 25.9 Å². The van der Waals surface area contributed by atoms with Gasteiger partial charge in [0.2, 0.25) is 0 Å². The van der Waals surface area contributed by atoms with Gasteiger partial charge in [-0.3, -0.25) is 4.90 Å². The van der Waals surface area contributed by atoms with E-state index in [0.29, 0.717) is 52.9 Å². The molecule has 3 N–H and O–H groups in total. The summed E-state index contributed by atoms with van der Waals surface area (Å²) in [5, 5.41) is 5.18. The Morgan fingerprint density at radius 3 is 2.61 bits per heavy atom. The van der Waals surface area contributed by atoms with Crippen LogP contribution in [0.15, 0.2) is 85.0 Å². The molecule has 2 bridgehead atoms. The number of terminal acetylenes is 1. The number of piperazine rings is 1. The van der Waals surface area contributed by atoms with E-state index >= 15 is 4.39 Å². The van der Waals surface area contributed by atoms with E-state index in [1.807, 2.05) is 12.1 Å². The van der Waals surface area contributed by atoms with Gasteiger partial charge in [-0.25, -0.2) is 8.78 Å². The summed E-state index contributed by atoms with van der Waals surface area (Å²) in [6, 6.07) is 20.7. The van der Waals surface area contributed by atoms with Gasteiger partial charge < -0.3 is 20.7 Å². The molecule has 5 heterocycles. The lowest BCUT2D eigenvalue weighted by molar-refractivity contribution is 0.132. The zero-order chi connectivity index (χ0) is 33.3. The Morgan fingerprint density at radius 2 is 1.82 bits per heavy atom. The van der Waals surface area contributed by atoms with E-state index in [1.54, 1.807) is 24.3 Å². The summed E-state index contributed by atoms with van der Waals surface area (Å²) in [4.78, 5) is 14.3. The molecule has 3 unspecified atom stereocenters. The molecule has 4 aromatic carbocycles. The smallest absolute Gasteiger partial charge is 0.319 e. The fourth-order valence-corrected chi connectivity index (χ4v) is 8.21. The minimum atomic E-state index is -0.575. The first-order valence-corrected chi connectivity index (χ1v) is 16.7. The van der Waals surface area contributed by atoms with Crippen molar-refractivity contribution in [3.8, 4) is 29.5 Å². The number of ether oxygens (including phenoxy) is 1. The van der Waals surface area contributed by atoms with Crippen LogP contribution in [0.5, 0.6) is 6.01 Å². The first-order valence-electron chi connectivity index (χ1n) is 16.7. The van der Waals surface area contributed by atoms with Crippen LogP contribution in [0, 0.1) is 24.0 Å². The number of fused-ring (bicyclic) bond motifs is 5. The lowest BCUT2D eigenvalue weighted by atomic mass is 9.92. The maximum absolute atomic E-state index is 17.0. The molecule has 0 spiro atoms. The van der Waals surface area contributed by atoms with Crippen LogP contribution in [0.25, 0.3) is 38.4 Å². The number of nitrogens with zero attached hydrogens (tertiary/aromatic N) is 4. The standard InChI is InChI=1S/C40H34F2N6O/c1-2-30-34(41)14-9-25-17-27(43)18-33(35(25)30)31-12-13-32-37(36(31)42)45-39(46-38(32)47-21-28-10-11-29(22-47)44-28)49-23-40-15-6-16-48(40)20-26(19-40)24-7-4-3-5-8-24/h1,3-5,7-14,17-19,28-29,44H,6,15-16,20-23,43H2. The van der Waals surface area contributed by atoms with Crippen LogP contribution >= 0.6 is 0 Å². The number of benzene rings is 4. The van der Waals surface area contributed by atoms with E-state index in [1.165, 1.54) is 17.2 Å². The molecule has 3 atom stereocenters. The average Bonchev–Trinajstić information content (AvgIpc) is 3.79. The van der Waals surface area contributed by atoms with Crippen molar-refractivity contribution >= 4 is 38.8 Å². The highest BCUT2D eigenvalue weighted by molar-refractivity contribution is 6.05. The van der Waals surface area contributed by atoms with Crippen LogP contribution in [0.3, 0.4) is 0 Å². The fraction of sp³-hybridized carbons (Fsp3) is 0.250. The molecule has 0 saturated carbocycles. The summed E-state index contributed by atoms with van der Waals surface area (Å²) >= 11 is 0. The topological polar surface area (TPSA) is 79.5 Å². The van der Waals surface area contributed by atoms with Gasteiger partial charge in [-0.05, 0) is 65.7 Å². The summed E-state index contributed by atoms with van der Waals surface area (Å²) in [6.45, 7) is 3.51. The molecule has 2 saturated heterocycles. The molecule has 9 heteroatoms. The Kier molecular flexibility index (Phi) is 6.94. The van der Waals surface area contributed by atoms with Gasteiger partial charge in [0.15, 0.2) is 5.82 Å². The largest absolute Gasteiger partial charge is 0.461 e. The van der Waals surface area contributed by atoms with Crippen LogP contribution < -0.4 is 20.7 Å². The Balaban J connectivity index is 1.16. The molecule has 9 rings (SSSR count). The number of anilines is 2. The van der Waals surface area contributed by atoms with Crippen molar-refractivity contribution < 1.29 is 13.5 Å². The fourth-order valence-electron chi connectivity index (χ4n) is 8.21. The summed E-state index contributed by atoms with van der Waals surface area (Å²) in [7, 11) is 0. The predicted molar refractivity (Wildman–Crippen MR) is 190 cm³/mol. The molecule has 1 aromatic heterocycles. The van der Waals surface area contributed by atoms with Crippen molar-refractivity contribution in [3.05, 3.63) is 108 Å². The molecular formula is C40H34F2N6O. The summed E-state index contributed by atoms with van der Waals surface area (Å²) < 4.78 is 38.5. The van der Waals surface area contributed by atoms with Crippen molar-refractivity contribution in [2.45, 2.75) is 30.5 Å². The minimum Gasteiger partial charge on any atom is -0.461 e. The van der Waals surface area contributed by atoms with Gasteiger partial charge in [0, 0.05) is 53.7 Å². The van der Waals surface area contributed by atoms with Crippen LogP contribution in [-0.2, 0) is 0 Å². The van der Waals surface area contributed by atoms with Gasteiger partial charge in [0.05, 0.1) is 11.1 Å². The second kappa shape index (κ2) is 11.4. The van der Waals surface area contributed by atoms with E-state index in [2.05, 4.69) is 63.5 Å². The van der Waals surface area contributed by atoms with Crippen molar-refractivity contribution in [1.29, 1.82) is 0 Å². The molecule has 2 fully saturated rings. The third-order valence-electron chi connectivity index (χ3n) is 10.5. The Hall–Kier alpha value is -5.30. The number of hydrogen-bond acceptors (Lipinski definition) is 7. The molecule has 4 aliphatic rings. The van der Waals surface area contributed by atoms with Crippen LogP contribution in [0.4, 0.5) is 20.3 Å². The Labute approximate surface area is 283 Å². The SMILES string of the molecule is C#Cc1c(F)ccc2cc(N)cc(-c3ccc4c(N5CC6C=CC(C5)N6)nc(OCC56C=C(c7ccccc7)CN5CCC6)nc4c3F)c12. The van der Waals surface area contributed by atoms with Gasteiger partial charge in [0.1, 0.15) is 23.8 Å². The number of nitrogens with two attached hydrogens (primary N) is 1. The van der Waals surface area contributed by atoms with E-state index in [4.69, 9.17) is 26.9 Å². The minimum absolute atomic E-state index is 0.0584. The monoisotopic (exact) mass is 652 g/mol. The number of rotatable bonds is 6. The molecule has 0 aliphatic carbocycles. The normalized spacial score (nSPS) is 22.9. The predicted octanol–water partition coefficient (Wildman–Crippen LogP) is 6.32. The third-order valence-corrected chi connectivity index (χ3v) is 10.5. The van der Waals surface area contributed by atoms with Crippen molar-refractivity contribution in [1.82, 2.24) is 20.2 Å². The zero-order valence-electron chi connectivity index (χ0n) is 26.8. The molecule has 7 nitrogen and oxygen atoms in total. The lowest BCUT2D eigenvalue weighted by Crippen LogP contribution is -2.52. The first-order chi connectivity index (χ1) is 23.9. The highest BCUT2D eigenvalue weighted by atomic mass is 19.1. The van der Waals surface area contributed by atoms with Gasteiger partial charge in [-0.15, -0.1) is 6.42 Å². The molecule has 49 heavy (non-hydrogen) atoms. The van der Waals surface area contributed by atoms with E-state index < -0.39 is 11.6 Å². The molecular weight excluding hydrogens is 618 g/mol. The van der Waals surface area contributed by atoms with Crippen LogP contribution in [0.2, 0.25) is 0 Å². The van der Waals surface area contributed by atoms with Crippen LogP contribution in [0.1, 0.15) is 24.0 Å². The average molecular weight is 653 g/mol.